The van der Waals surface area contributed by atoms with Crippen LogP contribution in [0.15, 0.2) is 24.3 Å². The van der Waals surface area contributed by atoms with Crippen LogP contribution in [0.1, 0.15) is 59.1 Å². The van der Waals surface area contributed by atoms with Crippen LogP contribution in [0.3, 0.4) is 0 Å². The monoisotopic (exact) mass is 354 g/mol. The van der Waals surface area contributed by atoms with E-state index < -0.39 is 0 Å². The van der Waals surface area contributed by atoms with Crippen molar-refractivity contribution in [1.82, 2.24) is 14.9 Å². The standard InChI is InChI=1S/C20H26N4O2/c1-13(2)12-21-20(26)18-23-17(16-9-4-5-10-24(16)18)19(25)22-15-8-6-7-14(3)11-15/h6-8,11,13H,4-5,9-10,12H2,1-3H3,(H,21,26)(H,22,25). The van der Waals surface area contributed by atoms with E-state index in [9.17, 15) is 9.59 Å². The van der Waals surface area contributed by atoms with Crippen LogP contribution in [-0.4, -0.2) is 27.9 Å². The maximum Gasteiger partial charge on any atom is 0.287 e. The molecule has 0 fully saturated rings. The number of nitrogens with zero attached hydrogens (tertiary/aromatic N) is 2. The Hall–Kier alpha value is -2.63. The van der Waals surface area contributed by atoms with Crippen molar-refractivity contribution in [3.05, 3.63) is 47.0 Å². The number of hydrogen-bond donors (Lipinski definition) is 2. The van der Waals surface area contributed by atoms with Crippen LogP contribution in [0.4, 0.5) is 5.69 Å². The highest BCUT2D eigenvalue weighted by atomic mass is 16.2. The summed E-state index contributed by atoms with van der Waals surface area (Å²) >= 11 is 0. The first-order valence-electron chi connectivity index (χ1n) is 9.21. The van der Waals surface area contributed by atoms with E-state index in [-0.39, 0.29) is 11.8 Å². The Morgan fingerprint density at radius 1 is 1.23 bits per heavy atom. The number of carbonyl (C=O) groups excluding carboxylic acids is 2. The summed E-state index contributed by atoms with van der Waals surface area (Å²) in [6.45, 7) is 7.38. The number of amides is 2. The van der Waals surface area contributed by atoms with Gasteiger partial charge in [0.1, 0.15) is 0 Å². The first-order valence-corrected chi connectivity index (χ1v) is 9.21. The van der Waals surface area contributed by atoms with Gasteiger partial charge in [-0.15, -0.1) is 0 Å². The molecule has 0 saturated carbocycles. The molecular weight excluding hydrogens is 328 g/mol. The van der Waals surface area contributed by atoms with Crippen LogP contribution in [-0.2, 0) is 13.0 Å². The molecule has 0 unspecified atom stereocenters. The molecule has 6 heteroatoms. The van der Waals surface area contributed by atoms with Gasteiger partial charge in [-0.3, -0.25) is 9.59 Å². The lowest BCUT2D eigenvalue weighted by Crippen LogP contribution is -2.30. The molecule has 2 amide bonds. The second kappa shape index (κ2) is 7.72. The van der Waals surface area contributed by atoms with Crippen molar-refractivity contribution in [3.8, 4) is 0 Å². The Morgan fingerprint density at radius 3 is 2.77 bits per heavy atom. The summed E-state index contributed by atoms with van der Waals surface area (Å²) in [6.07, 6.45) is 2.76. The Labute approximate surface area is 154 Å². The van der Waals surface area contributed by atoms with Crippen LogP contribution < -0.4 is 10.6 Å². The number of aromatic nitrogens is 2. The number of imidazole rings is 1. The fourth-order valence-corrected chi connectivity index (χ4v) is 3.19. The number of hydrogen-bond acceptors (Lipinski definition) is 3. The topological polar surface area (TPSA) is 76.0 Å². The van der Waals surface area contributed by atoms with E-state index in [1.807, 2.05) is 49.6 Å². The molecule has 3 rings (SSSR count). The first-order chi connectivity index (χ1) is 12.5. The zero-order valence-electron chi connectivity index (χ0n) is 15.6. The highest BCUT2D eigenvalue weighted by Gasteiger charge is 2.27. The Balaban J connectivity index is 1.87. The minimum atomic E-state index is -0.260. The van der Waals surface area contributed by atoms with Crippen LogP contribution in [0, 0.1) is 12.8 Å². The number of rotatable bonds is 5. The van der Waals surface area contributed by atoms with Crippen molar-refractivity contribution >= 4 is 17.5 Å². The van der Waals surface area contributed by atoms with Gasteiger partial charge in [-0.1, -0.05) is 26.0 Å². The summed E-state index contributed by atoms with van der Waals surface area (Å²) in [5.74, 6) is 0.231. The van der Waals surface area contributed by atoms with E-state index in [2.05, 4.69) is 15.6 Å². The van der Waals surface area contributed by atoms with E-state index >= 15 is 0 Å². The summed E-state index contributed by atoms with van der Waals surface area (Å²) < 4.78 is 1.91. The van der Waals surface area contributed by atoms with Crippen LogP contribution >= 0.6 is 0 Å². The fraction of sp³-hybridized carbons (Fsp3) is 0.450. The lowest BCUT2D eigenvalue weighted by molar-refractivity contribution is 0.0933. The average Bonchev–Trinajstić information content (AvgIpc) is 2.99. The summed E-state index contributed by atoms with van der Waals surface area (Å²) in [5, 5.41) is 5.81. The van der Waals surface area contributed by atoms with E-state index in [1.54, 1.807) is 0 Å². The molecular formula is C20H26N4O2. The van der Waals surface area contributed by atoms with Crippen LogP contribution in [0.2, 0.25) is 0 Å². The molecule has 0 bridgehead atoms. The molecule has 0 atom stereocenters. The molecule has 2 N–H and O–H groups in total. The predicted octanol–water partition coefficient (Wildman–Crippen LogP) is 3.17. The molecule has 1 aliphatic rings. The van der Waals surface area contributed by atoms with Gasteiger partial charge < -0.3 is 15.2 Å². The van der Waals surface area contributed by atoms with Gasteiger partial charge in [0.25, 0.3) is 11.8 Å². The molecule has 2 heterocycles. The maximum absolute atomic E-state index is 12.8. The molecule has 6 nitrogen and oxygen atoms in total. The Bertz CT molecular complexity index is 823. The predicted molar refractivity (Wildman–Crippen MR) is 101 cm³/mol. The lowest BCUT2D eigenvalue weighted by atomic mass is 10.1. The van der Waals surface area contributed by atoms with Gasteiger partial charge in [-0.2, -0.15) is 0 Å². The maximum atomic E-state index is 12.8. The number of fused-ring (bicyclic) bond motifs is 1. The SMILES string of the molecule is Cc1cccc(NC(=O)c2nc(C(=O)NCC(C)C)n3c2CCCC3)c1. The Morgan fingerprint density at radius 2 is 2.04 bits per heavy atom. The zero-order valence-corrected chi connectivity index (χ0v) is 15.6. The number of carbonyl (C=O) groups is 2. The minimum absolute atomic E-state index is 0.212. The zero-order chi connectivity index (χ0) is 18.7. The second-order valence-electron chi connectivity index (χ2n) is 7.27. The summed E-state index contributed by atoms with van der Waals surface area (Å²) in [5.41, 5.74) is 3.03. The van der Waals surface area contributed by atoms with Crippen molar-refractivity contribution in [3.63, 3.8) is 0 Å². The largest absolute Gasteiger partial charge is 0.349 e. The molecule has 2 aromatic rings. The van der Waals surface area contributed by atoms with Crippen molar-refractivity contribution in [1.29, 1.82) is 0 Å². The molecule has 0 spiro atoms. The quantitative estimate of drug-likeness (QED) is 0.866. The van der Waals surface area contributed by atoms with E-state index in [0.717, 1.165) is 42.8 Å². The van der Waals surface area contributed by atoms with E-state index in [4.69, 9.17) is 0 Å². The lowest BCUT2D eigenvalue weighted by Gasteiger charge is -2.17. The van der Waals surface area contributed by atoms with E-state index in [0.29, 0.717) is 24.0 Å². The van der Waals surface area contributed by atoms with Crippen LogP contribution in [0.5, 0.6) is 0 Å². The molecule has 0 radical (unpaired) electrons. The van der Waals surface area contributed by atoms with Gasteiger partial charge in [-0.05, 0) is 49.8 Å². The molecule has 138 valence electrons. The molecule has 1 aromatic carbocycles. The number of anilines is 1. The van der Waals surface area contributed by atoms with Crippen LogP contribution in [0.25, 0.3) is 0 Å². The first kappa shape index (κ1) is 18.2. The van der Waals surface area contributed by atoms with Gasteiger partial charge in [-0.25, -0.2) is 4.98 Å². The number of aryl methyl sites for hydroxylation is 1. The molecule has 1 aromatic heterocycles. The molecule has 1 aliphatic heterocycles. The fourth-order valence-electron chi connectivity index (χ4n) is 3.19. The third kappa shape index (κ3) is 3.95. The molecule has 0 aliphatic carbocycles. The van der Waals surface area contributed by atoms with Crippen molar-refractivity contribution in [2.45, 2.75) is 46.6 Å². The minimum Gasteiger partial charge on any atom is -0.349 e. The van der Waals surface area contributed by atoms with Crippen molar-refractivity contribution < 1.29 is 9.59 Å². The third-order valence-corrected chi connectivity index (χ3v) is 4.48. The van der Waals surface area contributed by atoms with Gasteiger partial charge in [0.05, 0.1) is 5.69 Å². The van der Waals surface area contributed by atoms with E-state index in [1.165, 1.54) is 0 Å². The molecule has 26 heavy (non-hydrogen) atoms. The van der Waals surface area contributed by atoms with Crippen molar-refractivity contribution in [2.75, 3.05) is 11.9 Å². The van der Waals surface area contributed by atoms with Gasteiger partial charge >= 0.3 is 0 Å². The summed E-state index contributed by atoms with van der Waals surface area (Å²) in [6, 6.07) is 7.64. The third-order valence-electron chi connectivity index (χ3n) is 4.48. The van der Waals surface area contributed by atoms with Gasteiger partial charge in [0.15, 0.2) is 11.5 Å². The average molecular weight is 354 g/mol. The highest BCUT2D eigenvalue weighted by molar-refractivity contribution is 6.05. The Kier molecular flexibility index (Phi) is 5.40. The normalized spacial score (nSPS) is 13.4. The van der Waals surface area contributed by atoms with Gasteiger partial charge in [0, 0.05) is 18.8 Å². The molecule has 0 saturated heterocycles. The number of nitrogens with one attached hydrogen (secondary N) is 2. The van der Waals surface area contributed by atoms with Gasteiger partial charge in [0.2, 0.25) is 0 Å². The summed E-state index contributed by atoms with van der Waals surface area (Å²) in [7, 11) is 0. The van der Waals surface area contributed by atoms with Crippen molar-refractivity contribution in [2.24, 2.45) is 5.92 Å². The second-order valence-corrected chi connectivity index (χ2v) is 7.27. The summed E-state index contributed by atoms with van der Waals surface area (Å²) in [4.78, 5) is 29.7. The highest BCUT2D eigenvalue weighted by Crippen LogP contribution is 2.22. The number of benzene rings is 1. The smallest absolute Gasteiger partial charge is 0.287 e.